The van der Waals surface area contributed by atoms with E-state index < -0.39 is 6.10 Å². The second kappa shape index (κ2) is 8.36. The maximum atomic E-state index is 12.1. The molecule has 126 valence electrons. The van der Waals surface area contributed by atoms with E-state index in [-0.39, 0.29) is 11.8 Å². The van der Waals surface area contributed by atoms with Gasteiger partial charge in [0.05, 0.1) is 0 Å². The number of nitrogens with one attached hydrogen (secondary N) is 2. The fraction of sp³-hybridized carbons (Fsp3) is 0.222. The molecule has 2 rings (SSSR count). The molecular formula is C18H19ClN2O3. The van der Waals surface area contributed by atoms with Crippen molar-refractivity contribution in [3.8, 4) is 5.75 Å². The predicted octanol–water partition coefficient (Wildman–Crippen LogP) is 3.38. The number of carbonyl (C=O) groups excluding carboxylic acids is 2. The summed E-state index contributed by atoms with van der Waals surface area (Å²) in [5.74, 6) is 0.252. The molecule has 0 radical (unpaired) electrons. The van der Waals surface area contributed by atoms with Crippen LogP contribution in [0, 0.1) is 0 Å². The number of ether oxygens (including phenoxy) is 1. The lowest BCUT2D eigenvalue weighted by Crippen LogP contribution is -2.35. The van der Waals surface area contributed by atoms with Crippen LogP contribution < -0.4 is 15.4 Å². The summed E-state index contributed by atoms with van der Waals surface area (Å²) in [6.07, 6.45) is -0.621. The Balaban J connectivity index is 1.83. The summed E-state index contributed by atoms with van der Waals surface area (Å²) in [5.41, 5.74) is 1.65. The summed E-state index contributed by atoms with van der Waals surface area (Å²) >= 11 is 5.81. The zero-order valence-corrected chi connectivity index (χ0v) is 14.3. The highest BCUT2D eigenvalue weighted by Gasteiger charge is 2.14. The van der Waals surface area contributed by atoms with Crippen molar-refractivity contribution in [2.75, 3.05) is 5.32 Å². The Bertz CT molecular complexity index is 699. The van der Waals surface area contributed by atoms with Gasteiger partial charge in [-0.15, -0.1) is 0 Å². The van der Waals surface area contributed by atoms with E-state index in [2.05, 4.69) is 10.6 Å². The van der Waals surface area contributed by atoms with Crippen molar-refractivity contribution in [2.24, 2.45) is 0 Å². The van der Waals surface area contributed by atoms with E-state index in [1.165, 1.54) is 6.92 Å². The standard InChI is InChI=1S/C18H19ClN2O3/c1-12(24-17-9-5-15(19)6-10-17)18(23)20-11-14-3-7-16(8-4-14)21-13(2)22/h3-10,12H,11H2,1-2H3,(H,20,23)(H,21,22). The summed E-state index contributed by atoms with van der Waals surface area (Å²) in [6.45, 7) is 3.52. The number of carbonyl (C=O) groups is 2. The topological polar surface area (TPSA) is 67.4 Å². The van der Waals surface area contributed by atoms with Gasteiger partial charge in [-0.25, -0.2) is 0 Å². The maximum Gasteiger partial charge on any atom is 0.261 e. The van der Waals surface area contributed by atoms with Crippen LogP contribution in [-0.4, -0.2) is 17.9 Å². The van der Waals surface area contributed by atoms with E-state index in [1.54, 1.807) is 43.3 Å². The number of halogens is 1. The van der Waals surface area contributed by atoms with Crippen molar-refractivity contribution >= 4 is 29.1 Å². The molecule has 0 aliphatic rings. The molecular weight excluding hydrogens is 328 g/mol. The molecule has 24 heavy (non-hydrogen) atoms. The zero-order valence-electron chi connectivity index (χ0n) is 13.5. The molecule has 0 spiro atoms. The van der Waals surface area contributed by atoms with Gasteiger partial charge in [-0.2, -0.15) is 0 Å². The van der Waals surface area contributed by atoms with Crippen LogP contribution in [0.15, 0.2) is 48.5 Å². The Kier molecular flexibility index (Phi) is 6.21. The predicted molar refractivity (Wildman–Crippen MR) is 94.1 cm³/mol. The Morgan fingerprint density at radius 3 is 2.29 bits per heavy atom. The Hall–Kier alpha value is -2.53. The summed E-state index contributed by atoms with van der Waals surface area (Å²) in [4.78, 5) is 23.0. The molecule has 0 aliphatic carbocycles. The number of rotatable bonds is 6. The summed E-state index contributed by atoms with van der Waals surface area (Å²) < 4.78 is 5.56. The first kappa shape index (κ1) is 17.8. The third-order valence-electron chi connectivity index (χ3n) is 3.24. The van der Waals surface area contributed by atoms with Crippen molar-refractivity contribution < 1.29 is 14.3 Å². The van der Waals surface area contributed by atoms with Crippen LogP contribution in [0.3, 0.4) is 0 Å². The van der Waals surface area contributed by atoms with E-state index in [0.29, 0.717) is 17.3 Å². The number of benzene rings is 2. The molecule has 0 fully saturated rings. The third kappa shape index (κ3) is 5.59. The van der Waals surface area contributed by atoms with Crippen LogP contribution in [0.25, 0.3) is 0 Å². The quantitative estimate of drug-likeness (QED) is 0.842. The van der Waals surface area contributed by atoms with E-state index in [4.69, 9.17) is 16.3 Å². The largest absolute Gasteiger partial charge is 0.481 e. The lowest BCUT2D eigenvalue weighted by Gasteiger charge is -2.15. The third-order valence-corrected chi connectivity index (χ3v) is 3.49. The first-order valence-corrected chi connectivity index (χ1v) is 7.88. The molecule has 1 atom stereocenters. The fourth-order valence-electron chi connectivity index (χ4n) is 2.01. The average Bonchev–Trinajstić information content (AvgIpc) is 2.55. The lowest BCUT2D eigenvalue weighted by atomic mass is 10.2. The Morgan fingerprint density at radius 1 is 1.08 bits per heavy atom. The van der Waals surface area contributed by atoms with Gasteiger partial charge >= 0.3 is 0 Å². The van der Waals surface area contributed by atoms with Gasteiger partial charge in [0.15, 0.2) is 6.10 Å². The minimum atomic E-state index is -0.621. The van der Waals surface area contributed by atoms with Gasteiger partial charge in [0.25, 0.3) is 5.91 Å². The number of hydrogen-bond acceptors (Lipinski definition) is 3. The molecule has 2 amide bonds. The van der Waals surface area contributed by atoms with Crippen molar-refractivity contribution in [2.45, 2.75) is 26.5 Å². The molecule has 6 heteroatoms. The molecule has 2 N–H and O–H groups in total. The molecule has 5 nitrogen and oxygen atoms in total. The van der Waals surface area contributed by atoms with Gasteiger partial charge in [-0.1, -0.05) is 23.7 Å². The van der Waals surface area contributed by atoms with E-state index in [1.807, 2.05) is 12.1 Å². The smallest absolute Gasteiger partial charge is 0.261 e. The van der Waals surface area contributed by atoms with Crippen LogP contribution in [-0.2, 0) is 16.1 Å². The second-order valence-corrected chi connectivity index (χ2v) is 5.75. The van der Waals surface area contributed by atoms with E-state index in [0.717, 1.165) is 11.3 Å². The van der Waals surface area contributed by atoms with E-state index in [9.17, 15) is 9.59 Å². The van der Waals surface area contributed by atoms with Crippen molar-refractivity contribution in [3.05, 3.63) is 59.1 Å². The zero-order chi connectivity index (χ0) is 17.5. The first-order valence-electron chi connectivity index (χ1n) is 7.50. The SMILES string of the molecule is CC(=O)Nc1ccc(CNC(=O)C(C)Oc2ccc(Cl)cc2)cc1. The van der Waals surface area contributed by atoms with Crippen molar-refractivity contribution in [3.63, 3.8) is 0 Å². The lowest BCUT2D eigenvalue weighted by molar-refractivity contribution is -0.127. The number of anilines is 1. The summed E-state index contributed by atoms with van der Waals surface area (Å²) in [6, 6.07) is 14.1. The average molecular weight is 347 g/mol. The molecule has 2 aromatic carbocycles. The summed E-state index contributed by atoms with van der Waals surface area (Å²) in [5, 5.41) is 6.12. The van der Waals surface area contributed by atoms with Crippen LogP contribution in [0.4, 0.5) is 5.69 Å². The molecule has 0 saturated carbocycles. The van der Waals surface area contributed by atoms with Crippen molar-refractivity contribution in [1.29, 1.82) is 0 Å². The molecule has 2 aromatic rings. The maximum absolute atomic E-state index is 12.1. The normalized spacial score (nSPS) is 11.5. The minimum Gasteiger partial charge on any atom is -0.481 e. The summed E-state index contributed by atoms with van der Waals surface area (Å²) in [7, 11) is 0. The van der Waals surface area contributed by atoms with Gasteiger partial charge in [-0.3, -0.25) is 9.59 Å². The van der Waals surface area contributed by atoms with Crippen LogP contribution in [0.1, 0.15) is 19.4 Å². The van der Waals surface area contributed by atoms with Crippen LogP contribution in [0.5, 0.6) is 5.75 Å². The first-order chi connectivity index (χ1) is 11.4. The van der Waals surface area contributed by atoms with Gasteiger partial charge in [0.1, 0.15) is 5.75 Å². The number of hydrogen-bond donors (Lipinski definition) is 2. The highest BCUT2D eigenvalue weighted by Crippen LogP contribution is 2.17. The van der Waals surface area contributed by atoms with Gasteiger partial charge in [0, 0.05) is 24.2 Å². The van der Waals surface area contributed by atoms with Gasteiger partial charge in [-0.05, 0) is 48.9 Å². The van der Waals surface area contributed by atoms with Crippen LogP contribution in [0.2, 0.25) is 5.02 Å². The fourth-order valence-corrected chi connectivity index (χ4v) is 2.14. The van der Waals surface area contributed by atoms with Gasteiger partial charge in [0.2, 0.25) is 5.91 Å². The molecule has 0 saturated heterocycles. The molecule has 1 unspecified atom stereocenters. The second-order valence-electron chi connectivity index (χ2n) is 5.31. The molecule has 0 aliphatic heterocycles. The van der Waals surface area contributed by atoms with Crippen molar-refractivity contribution in [1.82, 2.24) is 5.32 Å². The van der Waals surface area contributed by atoms with E-state index >= 15 is 0 Å². The molecule has 0 heterocycles. The highest BCUT2D eigenvalue weighted by molar-refractivity contribution is 6.30. The molecule has 0 bridgehead atoms. The highest BCUT2D eigenvalue weighted by atomic mass is 35.5. The Morgan fingerprint density at radius 2 is 1.71 bits per heavy atom. The molecule has 0 aromatic heterocycles. The minimum absolute atomic E-state index is 0.121. The monoisotopic (exact) mass is 346 g/mol. The Labute approximate surface area is 146 Å². The van der Waals surface area contributed by atoms with Gasteiger partial charge < -0.3 is 15.4 Å². The number of amides is 2. The van der Waals surface area contributed by atoms with Crippen LogP contribution >= 0.6 is 11.6 Å².